The Bertz CT molecular complexity index is 708. The number of nitrogens with one attached hydrogen (secondary N) is 1. The molecule has 4 nitrogen and oxygen atoms in total. The summed E-state index contributed by atoms with van der Waals surface area (Å²) >= 11 is 5.75. The maximum Gasteiger partial charge on any atom is 0.251 e. The Morgan fingerprint density at radius 1 is 1.24 bits per heavy atom. The zero-order valence-corrected chi connectivity index (χ0v) is 11.4. The zero-order chi connectivity index (χ0) is 15.6. The molecule has 0 aliphatic heterocycles. The molecule has 0 aromatic heterocycles. The highest BCUT2D eigenvalue weighted by molar-refractivity contribution is 6.32. The number of carbonyl (C=O) groups excluding carboxylic acids is 1. The molecule has 0 spiro atoms. The van der Waals surface area contributed by atoms with Crippen LogP contribution in [0.4, 0.5) is 14.5 Å². The van der Waals surface area contributed by atoms with Gasteiger partial charge in [0.05, 0.1) is 16.3 Å². The second-order valence-corrected chi connectivity index (χ2v) is 4.72. The van der Waals surface area contributed by atoms with Crippen LogP contribution in [0.3, 0.4) is 0 Å². The average molecular weight is 313 g/mol. The highest BCUT2D eigenvalue weighted by Gasteiger charge is 2.13. The summed E-state index contributed by atoms with van der Waals surface area (Å²) < 4.78 is 26.9. The second kappa shape index (κ2) is 5.97. The summed E-state index contributed by atoms with van der Waals surface area (Å²) in [6, 6.07) is 6.08. The van der Waals surface area contributed by atoms with Crippen LogP contribution in [0, 0.1) is 11.6 Å². The van der Waals surface area contributed by atoms with Gasteiger partial charge >= 0.3 is 0 Å². The van der Waals surface area contributed by atoms with Crippen LogP contribution in [0.5, 0.6) is 5.75 Å². The molecule has 0 saturated carbocycles. The van der Waals surface area contributed by atoms with Crippen molar-refractivity contribution in [2.75, 3.05) is 5.32 Å². The van der Waals surface area contributed by atoms with E-state index in [4.69, 9.17) is 17.3 Å². The Morgan fingerprint density at radius 2 is 1.95 bits per heavy atom. The Balaban J connectivity index is 2.21. The van der Waals surface area contributed by atoms with Crippen molar-refractivity contribution in [2.45, 2.75) is 6.54 Å². The van der Waals surface area contributed by atoms with Gasteiger partial charge in [0.15, 0.2) is 0 Å². The van der Waals surface area contributed by atoms with E-state index in [0.29, 0.717) is 11.6 Å². The molecular weight excluding hydrogens is 302 g/mol. The molecule has 110 valence electrons. The molecule has 21 heavy (non-hydrogen) atoms. The lowest BCUT2D eigenvalue weighted by atomic mass is 10.1. The maximum absolute atomic E-state index is 13.6. The highest BCUT2D eigenvalue weighted by atomic mass is 35.5. The zero-order valence-electron chi connectivity index (χ0n) is 10.7. The minimum Gasteiger partial charge on any atom is -0.506 e. The predicted molar refractivity (Wildman–Crippen MR) is 75.3 cm³/mol. The number of amides is 1. The number of benzene rings is 2. The van der Waals surface area contributed by atoms with E-state index in [1.807, 2.05) is 0 Å². The topological polar surface area (TPSA) is 75.4 Å². The van der Waals surface area contributed by atoms with Crippen LogP contribution in [0.2, 0.25) is 5.02 Å². The van der Waals surface area contributed by atoms with Crippen molar-refractivity contribution < 1.29 is 18.7 Å². The maximum atomic E-state index is 13.6. The lowest BCUT2D eigenvalue weighted by molar-refractivity contribution is 0.0996. The molecule has 1 amide bonds. The van der Waals surface area contributed by atoms with E-state index in [-0.39, 0.29) is 23.0 Å². The molecule has 0 aliphatic rings. The van der Waals surface area contributed by atoms with Crippen molar-refractivity contribution in [3.63, 3.8) is 0 Å². The first-order valence-corrected chi connectivity index (χ1v) is 6.26. The molecule has 7 heteroatoms. The monoisotopic (exact) mass is 312 g/mol. The number of nitrogens with two attached hydrogens (primary N) is 1. The molecule has 0 saturated heterocycles. The minimum absolute atomic E-state index is 0.0607. The number of phenols is 1. The van der Waals surface area contributed by atoms with Crippen molar-refractivity contribution in [3.8, 4) is 5.75 Å². The third-order valence-corrected chi connectivity index (χ3v) is 3.12. The number of carbonyl (C=O) groups is 1. The standard InChI is InChI=1S/C14H11ClF2N2O2/c15-9-3-7(1-2-13(9)20)6-19-12-4-8(14(18)21)10(16)5-11(12)17/h1-5,19-20H,6H2,(H2,18,21). The number of rotatable bonds is 4. The Labute approximate surface area is 124 Å². The third-order valence-electron chi connectivity index (χ3n) is 2.82. The summed E-state index contributed by atoms with van der Waals surface area (Å²) in [7, 11) is 0. The molecule has 0 aliphatic carbocycles. The normalized spacial score (nSPS) is 10.4. The average Bonchev–Trinajstić information content (AvgIpc) is 2.41. The largest absolute Gasteiger partial charge is 0.506 e. The molecule has 2 aromatic rings. The summed E-state index contributed by atoms with van der Waals surface area (Å²) in [5.41, 5.74) is 5.21. The van der Waals surface area contributed by atoms with Gasteiger partial charge < -0.3 is 16.2 Å². The number of phenolic OH excluding ortho intramolecular Hbond substituents is 1. The lowest BCUT2D eigenvalue weighted by Gasteiger charge is -2.10. The molecule has 0 bridgehead atoms. The predicted octanol–water partition coefficient (Wildman–Crippen LogP) is 3.03. The summed E-state index contributed by atoms with van der Waals surface area (Å²) in [5.74, 6) is -2.91. The van der Waals surface area contributed by atoms with E-state index in [2.05, 4.69) is 5.32 Å². The van der Waals surface area contributed by atoms with Crippen molar-refractivity contribution in [2.24, 2.45) is 5.73 Å². The molecular formula is C14H11ClF2N2O2. The van der Waals surface area contributed by atoms with Crippen LogP contribution >= 0.6 is 11.6 Å². The van der Waals surface area contributed by atoms with Gasteiger partial charge in [0.25, 0.3) is 5.91 Å². The smallest absolute Gasteiger partial charge is 0.251 e. The molecule has 4 N–H and O–H groups in total. The van der Waals surface area contributed by atoms with E-state index in [0.717, 1.165) is 6.07 Å². The van der Waals surface area contributed by atoms with Gasteiger partial charge in [-0.05, 0) is 23.8 Å². The SMILES string of the molecule is NC(=O)c1cc(NCc2ccc(O)c(Cl)c2)c(F)cc1F. The fourth-order valence-electron chi connectivity index (χ4n) is 1.73. The summed E-state index contributed by atoms with van der Waals surface area (Å²) in [6.07, 6.45) is 0. The van der Waals surface area contributed by atoms with Gasteiger partial charge in [-0.2, -0.15) is 0 Å². The molecule has 0 fully saturated rings. The van der Waals surface area contributed by atoms with E-state index in [1.165, 1.54) is 12.1 Å². The molecule has 0 unspecified atom stereocenters. The van der Waals surface area contributed by atoms with E-state index in [1.54, 1.807) is 6.07 Å². The number of aromatic hydroxyl groups is 1. The number of halogens is 3. The third kappa shape index (κ3) is 3.41. The van der Waals surface area contributed by atoms with Gasteiger partial charge in [0.2, 0.25) is 0 Å². The van der Waals surface area contributed by atoms with Gasteiger partial charge in [-0.1, -0.05) is 17.7 Å². The Hall–Kier alpha value is -2.34. The van der Waals surface area contributed by atoms with Gasteiger partial charge in [0, 0.05) is 12.6 Å². The lowest BCUT2D eigenvalue weighted by Crippen LogP contribution is -2.14. The summed E-state index contributed by atoms with van der Waals surface area (Å²) in [4.78, 5) is 11.0. The molecule has 2 aromatic carbocycles. The number of anilines is 1. The van der Waals surface area contributed by atoms with Crippen molar-refractivity contribution in [1.29, 1.82) is 0 Å². The highest BCUT2D eigenvalue weighted by Crippen LogP contribution is 2.25. The van der Waals surface area contributed by atoms with E-state index in [9.17, 15) is 18.7 Å². The molecule has 0 heterocycles. The van der Waals surface area contributed by atoms with Gasteiger partial charge in [-0.25, -0.2) is 8.78 Å². The van der Waals surface area contributed by atoms with Crippen molar-refractivity contribution >= 4 is 23.2 Å². The fraction of sp³-hybridized carbons (Fsp3) is 0.0714. The molecule has 2 rings (SSSR count). The fourth-order valence-corrected chi connectivity index (χ4v) is 1.93. The minimum atomic E-state index is -1.02. The Kier molecular flexibility index (Phi) is 4.28. The second-order valence-electron chi connectivity index (χ2n) is 4.32. The van der Waals surface area contributed by atoms with Gasteiger partial charge in [0.1, 0.15) is 17.4 Å². The van der Waals surface area contributed by atoms with E-state index < -0.39 is 23.1 Å². The number of hydrogen-bond acceptors (Lipinski definition) is 3. The first-order chi connectivity index (χ1) is 9.88. The quantitative estimate of drug-likeness (QED) is 0.812. The van der Waals surface area contributed by atoms with Gasteiger partial charge in [-0.15, -0.1) is 0 Å². The first kappa shape index (κ1) is 15.1. The summed E-state index contributed by atoms with van der Waals surface area (Å²) in [6.45, 7) is 0.167. The number of primary amides is 1. The van der Waals surface area contributed by atoms with Crippen LogP contribution in [0.25, 0.3) is 0 Å². The van der Waals surface area contributed by atoms with Crippen LogP contribution in [0.15, 0.2) is 30.3 Å². The summed E-state index contributed by atoms with van der Waals surface area (Å²) in [5, 5.41) is 12.2. The molecule has 0 radical (unpaired) electrons. The number of hydrogen-bond donors (Lipinski definition) is 3. The van der Waals surface area contributed by atoms with Gasteiger partial charge in [-0.3, -0.25) is 4.79 Å². The molecule has 0 atom stereocenters. The van der Waals surface area contributed by atoms with E-state index >= 15 is 0 Å². The van der Waals surface area contributed by atoms with Crippen LogP contribution in [-0.2, 0) is 6.54 Å². The Morgan fingerprint density at radius 3 is 2.57 bits per heavy atom. The van der Waals surface area contributed by atoms with Crippen molar-refractivity contribution in [3.05, 3.63) is 58.1 Å². The first-order valence-electron chi connectivity index (χ1n) is 5.88. The van der Waals surface area contributed by atoms with Crippen LogP contribution in [-0.4, -0.2) is 11.0 Å². The van der Waals surface area contributed by atoms with Crippen LogP contribution < -0.4 is 11.1 Å². The van der Waals surface area contributed by atoms with Crippen molar-refractivity contribution in [1.82, 2.24) is 0 Å². The van der Waals surface area contributed by atoms with Crippen LogP contribution in [0.1, 0.15) is 15.9 Å².